The zero-order chi connectivity index (χ0) is 19.3. The van der Waals surface area contributed by atoms with E-state index in [1.165, 1.54) is 26.0 Å². The van der Waals surface area contributed by atoms with E-state index in [4.69, 9.17) is 21.1 Å². The molecular weight excluding hydrogens is 391 g/mol. The Bertz CT molecular complexity index is 799. The summed E-state index contributed by atoms with van der Waals surface area (Å²) in [5.74, 6) is 0.573. The number of methoxy groups -OCH3 is 2. The van der Waals surface area contributed by atoms with Crippen LogP contribution in [0.3, 0.4) is 0 Å². The smallest absolute Gasteiger partial charge is 0.416 e. The minimum Gasteiger partial charge on any atom is -0.493 e. The molecule has 0 bridgehead atoms. The van der Waals surface area contributed by atoms with Crippen molar-refractivity contribution in [3.63, 3.8) is 0 Å². The predicted molar refractivity (Wildman–Crippen MR) is 95.4 cm³/mol. The third-order valence-corrected chi connectivity index (χ3v) is 4.62. The fourth-order valence-electron chi connectivity index (χ4n) is 2.04. The molecule has 26 heavy (non-hydrogen) atoms. The van der Waals surface area contributed by atoms with Crippen LogP contribution in [0, 0.1) is 0 Å². The summed E-state index contributed by atoms with van der Waals surface area (Å²) in [7, 11) is 3.01. The number of carbonyl (C=O) groups excluding carboxylic acids is 1. The van der Waals surface area contributed by atoms with E-state index in [-0.39, 0.29) is 16.5 Å². The molecule has 2 aromatic carbocycles. The summed E-state index contributed by atoms with van der Waals surface area (Å²) in [6, 6.07) is 7.91. The number of thioether (sulfide) groups is 1. The molecule has 1 amide bonds. The van der Waals surface area contributed by atoms with Gasteiger partial charge in [-0.1, -0.05) is 11.6 Å². The molecule has 0 fully saturated rings. The zero-order valence-electron chi connectivity index (χ0n) is 13.8. The van der Waals surface area contributed by atoms with Crippen molar-refractivity contribution in [3.8, 4) is 11.5 Å². The lowest BCUT2D eigenvalue weighted by atomic mass is 10.2. The molecule has 0 spiro atoms. The molecule has 0 aliphatic carbocycles. The van der Waals surface area contributed by atoms with Crippen LogP contribution in [0.25, 0.3) is 0 Å². The standard InChI is InChI=1S/C17H15ClF3NO3S/c1-24-14-6-4-11(8-15(14)25-2)26-9-16(23)22-13-7-10(17(19,20)21)3-5-12(13)18/h3-8H,9H2,1-2H3,(H,22,23). The Kier molecular flexibility index (Phi) is 6.66. The van der Waals surface area contributed by atoms with Crippen molar-refractivity contribution in [2.24, 2.45) is 0 Å². The van der Waals surface area contributed by atoms with E-state index < -0.39 is 17.6 Å². The number of anilines is 1. The van der Waals surface area contributed by atoms with Crippen molar-refractivity contribution in [1.29, 1.82) is 0 Å². The van der Waals surface area contributed by atoms with Gasteiger partial charge in [0.05, 0.1) is 36.2 Å². The van der Waals surface area contributed by atoms with E-state index >= 15 is 0 Å². The van der Waals surface area contributed by atoms with Gasteiger partial charge in [-0.2, -0.15) is 13.2 Å². The lowest BCUT2D eigenvalue weighted by molar-refractivity contribution is -0.137. The maximum atomic E-state index is 12.8. The van der Waals surface area contributed by atoms with Crippen molar-refractivity contribution in [3.05, 3.63) is 47.0 Å². The van der Waals surface area contributed by atoms with Gasteiger partial charge >= 0.3 is 6.18 Å². The molecule has 0 unspecified atom stereocenters. The molecule has 2 rings (SSSR count). The molecule has 4 nitrogen and oxygen atoms in total. The molecular formula is C17H15ClF3NO3S. The first kappa shape index (κ1) is 20.3. The summed E-state index contributed by atoms with van der Waals surface area (Å²) in [6.45, 7) is 0. The van der Waals surface area contributed by atoms with Crippen LogP contribution >= 0.6 is 23.4 Å². The first-order valence-corrected chi connectivity index (χ1v) is 8.62. The van der Waals surface area contributed by atoms with E-state index in [0.29, 0.717) is 11.5 Å². The second-order valence-electron chi connectivity index (χ2n) is 5.05. The molecule has 0 saturated heterocycles. The van der Waals surface area contributed by atoms with Crippen LogP contribution in [-0.4, -0.2) is 25.9 Å². The monoisotopic (exact) mass is 405 g/mol. The van der Waals surface area contributed by atoms with Gasteiger partial charge in [-0.15, -0.1) is 11.8 Å². The predicted octanol–water partition coefficient (Wildman–Crippen LogP) is 5.11. The second kappa shape index (κ2) is 8.55. The maximum Gasteiger partial charge on any atom is 0.416 e. The minimum atomic E-state index is -4.52. The first-order valence-electron chi connectivity index (χ1n) is 7.26. The summed E-state index contributed by atoms with van der Waals surface area (Å²) in [6.07, 6.45) is -4.52. The SMILES string of the molecule is COc1ccc(SCC(=O)Nc2cc(C(F)(F)F)ccc2Cl)cc1OC. The van der Waals surface area contributed by atoms with Crippen LogP contribution in [0.15, 0.2) is 41.3 Å². The zero-order valence-corrected chi connectivity index (χ0v) is 15.4. The third-order valence-electron chi connectivity index (χ3n) is 3.29. The number of hydrogen-bond acceptors (Lipinski definition) is 4. The van der Waals surface area contributed by atoms with Crippen LogP contribution in [-0.2, 0) is 11.0 Å². The number of hydrogen-bond donors (Lipinski definition) is 1. The quantitative estimate of drug-likeness (QED) is 0.679. The van der Waals surface area contributed by atoms with Gasteiger partial charge in [-0.05, 0) is 36.4 Å². The van der Waals surface area contributed by atoms with Crippen LogP contribution in [0.4, 0.5) is 18.9 Å². The molecule has 0 aliphatic heterocycles. The highest BCUT2D eigenvalue weighted by atomic mass is 35.5. The summed E-state index contributed by atoms with van der Waals surface area (Å²) in [4.78, 5) is 12.8. The molecule has 0 saturated carbocycles. The van der Waals surface area contributed by atoms with Crippen molar-refractivity contribution >= 4 is 35.0 Å². The van der Waals surface area contributed by atoms with Crippen LogP contribution in [0.1, 0.15) is 5.56 Å². The van der Waals surface area contributed by atoms with Gasteiger partial charge in [0.15, 0.2) is 11.5 Å². The van der Waals surface area contributed by atoms with Gasteiger partial charge < -0.3 is 14.8 Å². The van der Waals surface area contributed by atoms with Gasteiger partial charge in [0.1, 0.15) is 0 Å². The fourth-order valence-corrected chi connectivity index (χ4v) is 2.93. The van der Waals surface area contributed by atoms with Crippen LogP contribution in [0.5, 0.6) is 11.5 Å². The average Bonchev–Trinajstić information content (AvgIpc) is 2.60. The number of carbonyl (C=O) groups is 1. The Morgan fingerprint density at radius 3 is 2.42 bits per heavy atom. The molecule has 9 heteroatoms. The maximum absolute atomic E-state index is 12.8. The topological polar surface area (TPSA) is 47.6 Å². The van der Waals surface area contributed by atoms with Gasteiger partial charge in [-0.25, -0.2) is 0 Å². The van der Waals surface area contributed by atoms with E-state index in [0.717, 1.165) is 23.1 Å². The highest BCUT2D eigenvalue weighted by molar-refractivity contribution is 8.00. The number of alkyl halides is 3. The summed E-state index contributed by atoms with van der Waals surface area (Å²) < 4.78 is 48.6. The Morgan fingerprint density at radius 1 is 1.12 bits per heavy atom. The van der Waals surface area contributed by atoms with E-state index in [1.54, 1.807) is 18.2 Å². The highest BCUT2D eigenvalue weighted by Crippen LogP contribution is 2.34. The number of ether oxygens (including phenoxy) is 2. The third kappa shape index (κ3) is 5.22. The Hall–Kier alpha value is -2.06. The number of halogens is 4. The van der Waals surface area contributed by atoms with Gasteiger partial charge in [0, 0.05) is 4.90 Å². The molecule has 1 N–H and O–H groups in total. The summed E-state index contributed by atoms with van der Waals surface area (Å²) >= 11 is 7.06. The number of nitrogens with one attached hydrogen (secondary N) is 1. The molecule has 0 atom stereocenters. The van der Waals surface area contributed by atoms with Crippen molar-refractivity contribution < 1.29 is 27.4 Å². The molecule has 140 valence electrons. The van der Waals surface area contributed by atoms with Crippen molar-refractivity contribution in [2.45, 2.75) is 11.1 Å². The van der Waals surface area contributed by atoms with E-state index in [2.05, 4.69) is 5.32 Å². The summed E-state index contributed by atoms with van der Waals surface area (Å²) in [5.41, 5.74) is -0.968. The lowest BCUT2D eigenvalue weighted by Gasteiger charge is -2.12. The van der Waals surface area contributed by atoms with Crippen LogP contribution < -0.4 is 14.8 Å². The number of benzene rings is 2. The van der Waals surface area contributed by atoms with Crippen molar-refractivity contribution in [2.75, 3.05) is 25.3 Å². The van der Waals surface area contributed by atoms with E-state index in [1.807, 2.05) is 0 Å². The van der Waals surface area contributed by atoms with Gasteiger partial charge in [0.2, 0.25) is 5.91 Å². The average molecular weight is 406 g/mol. The number of rotatable bonds is 6. The van der Waals surface area contributed by atoms with Crippen LogP contribution in [0.2, 0.25) is 5.02 Å². The second-order valence-corrected chi connectivity index (χ2v) is 6.50. The first-order chi connectivity index (χ1) is 12.2. The molecule has 0 aliphatic rings. The Balaban J connectivity index is 2.03. The Morgan fingerprint density at radius 2 is 1.81 bits per heavy atom. The molecule has 0 radical (unpaired) electrons. The fraction of sp³-hybridized carbons (Fsp3) is 0.235. The van der Waals surface area contributed by atoms with Gasteiger partial charge in [0.25, 0.3) is 0 Å². The molecule has 2 aromatic rings. The summed E-state index contributed by atoms with van der Waals surface area (Å²) in [5, 5.41) is 2.43. The Labute approximate surface area is 157 Å². The largest absolute Gasteiger partial charge is 0.493 e. The molecule has 0 heterocycles. The highest BCUT2D eigenvalue weighted by Gasteiger charge is 2.31. The van der Waals surface area contributed by atoms with Crippen molar-refractivity contribution in [1.82, 2.24) is 0 Å². The minimum absolute atomic E-state index is 0.0118. The normalized spacial score (nSPS) is 11.2. The van der Waals surface area contributed by atoms with Gasteiger partial charge in [-0.3, -0.25) is 4.79 Å². The lowest BCUT2D eigenvalue weighted by Crippen LogP contribution is -2.15. The number of amides is 1. The molecule has 0 aromatic heterocycles. The van der Waals surface area contributed by atoms with E-state index in [9.17, 15) is 18.0 Å².